The fraction of sp³-hybridized carbons (Fsp3) is 0.238. The number of sulfonamides is 1. The highest BCUT2D eigenvalue weighted by molar-refractivity contribution is 7.92. The molecule has 1 atom stereocenters. The van der Waals surface area contributed by atoms with E-state index < -0.39 is 34.1 Å². The molecule has 51 heavy (non-hydrogen) atoms. The van der Waals surface area contributed by atoms with E-state index in [1.165, 1.54) is 17.0 Å². The van der Waals surface area contributed by atoms with Crippen LogP contribution in [-0.4, -0.2) is 43.3 Å². The van der Waals surface area contributed by atoms with Gasteiger partial charge in [-0.25, -0.2) is 8.42 Å². The summed E-state index contributed by atoms with van der Waals surface area (Å²) in [7, 11) is -4.24. The maximum atomic E-state index is 14.8. The minimum absolute atomic E-state index is 0.0438. The topological polar surface area (TPSA) is 96.0 Å². The monoisotopic (exact) mass is 703 g/mol. The summed E-state index contributed by atoms with van der Waals surface area (Å²) in [4.78, 5) is 30.5. The van der Waals surface area contributed by atoms with E-state index in [9.17, 15) is 18.0 Å². The summed E-state index contributed by atoms with van der Waals surface area (Å²) >= 11 is 0. The van der Waals surface area contributed by atoms with Crippen molar-refractivity contribution in [2.24, 2.45) is 0 Å². The molecular formula is C42H45N3O5S. The van der Waals surface area contributed by atoms with Crippen LogP contribution in [-0.2, 0) is 32.6 Å². The molecule has 9 heteroatoms. The number of para-hydroxylation sites is 1. The molecule has 0 saturated heterocycles. The fourth-order valence-corrected chi connectivity index (χ4v) is 7.06. The van der Waals surface area contributed by atoms with Gasteiger partial charge in [0, 0.05) is 18.5 Å². The first-order valence-electron chi connectivity index (χ1n) is 16.9. The molecule has 0 heterocycles. The van der Waals surface area contributed by atoms with Crippen LogP contribution < -0.4 is 14.4 Å². The lowest BCUT2D eigenvalue weighted by molar-refractivity contribution is -0.140. The van der Waals surface area contributed by atoms with Crippen molar-refractivity contribution in [2.75, 3.05) is 10.8 Å². The minimum atomic E-state index is -4.24. The molecule has 0 spiro atoms. The third kappa shape index (κ3) is 9.86. The Bertz CT molecular complexity index is 2030. The third-order valence-corrected chi connectivity index (χ3v) is 10.2. The van der Waals surface area contributed by atoms with Gasteiger partial charge in [-0.3, -0.25) is 13.9 Å². The van der Waals surface area contributed by atoms with Gasteiger partial charge in [0.15, 0.2) is 0 Å². The van der Waals surface area contributed by atoms with Gasteiger partial charge in [-0.1, -0.05) is 90.5 Å². The number of hydrogen-bond acceptors (Lipinski definition) is 5. The Morgan fingerprint density at radius 3 is 1.90 bits per heavy atom. The molecule has 0 aliphatic heterocycles. The fourth-order valence-electron chi connectivity index (χ4n) is 5.65. The lowest BCUT2D eigenvalue weighted by atomic mass is 10.00. The number of rotatable bonds is 13. The molecule has 0 aromatic heterocycles. The van der Waals surface area contributed by atoms with Gasteiger partial charge in [-0.15, -0.1) is 0 Å². The Labute approximate surface area is 301 Å². The van der Waals surface area contributed by atoms with Gasteiger partial charge in [0.2, 0.25) is 11.8 Å². The zero-order valence-electron chi connectivity index (χ0n) is 29.7. The van der Waals surface area contributed by atoms with E-state index >= 15 is 0 Å². The van der Waals surface area contributed by atoms with E-state index in [2.05, 4.69) is 5.32 Å². The summed E-state index contributed by atoms with van der Waals surface area (Å²) in [5.74, 6) is 0.286. The van der Waals surface area contributed by atoms with Gasteiger partial charge in [0.1, 0.15) is 24.1 Å². The summed E-state index contributed by atoms with van der Waals surface area (Å²) in [5.41, 5.74) is 3.27. The molecule has 5 aromatic carbocycles. The first-order chi connectivity index (χ1) is 24.3. The van der Waals surface area contributed by atoms with Crippen LogP contribution in [0.5, 0.6) is 11.5 Å². The van der Waals surface area contributed by atoms with Crippen molar-refractivity contribution in [1.82, 2.24) is 10.2 Å². The number of ether oxygens (including phenoxy) is 1. The average Bonchev–Trinajstić information content (AvgIpc) is 3.10. The number of anilines is 1. The van der Waals surface area contributed by atoms with Gasteiger partial charge in [0.25, 0.3) is 10.0 Å². The molecular weight excluding hydrogens is 659 g/mol. The molecule has 0 aliphatic carbocycles. The number of carbonyl (C=O) groups is 2. The van der Waals surface area contributed by atoms with Crippen molar-refractivity contribution < 1.29 is 22.7 Å². The zero-order valence-corrected chi connectivity index (χ0v) is 30.6. The predicted molar refractivity (Wildman–Crippen MR) is 202 cm³/mol. The first kappa shape index (κ1) is 36.9. The largest absolute Gasteiger partial charge is 0.457 e. The minimum Gasteiger partial charge on any atom is -0.457 e. The normalized spacial score (nSPS) is 12.1. The molecule has 1 N–H and O–H groups in total. The maximum absolute atomic E-state index is 14.8. The van der Waals surface area contributed by atoms with Crippen molar-refractivity contribution in [1.29, 1.82) is 0 Å². The summed E-state index contributed by atoms with van der Waals surface area (Å²) in [6.45, 7) is 9.05. The molecule has 0 saturated carbocycles. The summed E-state index contributed by atoms with van der Waals surface area (Å²) < 4.78 is 35.9. The van der Waals surface area contributed by atoms with Gasteiger partial charge in [-0.05, 0) is 99.8 Å². The molecule has 0 unspecified atom stereocenters. The van der Waals surface area contributed by atoms with Crippen LogP contribution in [0.25, 0.3) is 0 Å². The highest BCUT2D eigenvalue weighted by Crippen LogP contribution is 2.29. The Morgan fingerprint density at radius 2 is 1.29 bits per heavy atom. The van der Waals surface area contributed by atoms with E-state index in [-0.39, 0.29) is 29.5 Å². The molecule has 5 rings (SSSR count). The lowest BCUT2D eigenvalue weighted by Gasteiger charge is -2.35. The molecule has 0 bridgehead atoms. The van der Waals surface area contributed by atoms with Gasteiger partial charge >= 0.3 is 0 Å². The van der Waals surface area contributed by atoms with Crippen molar-refractivity contribution >= 4 is 27.5 Å². The van der Waals surface area contributed by atoms with Crippen LogP contribution in [0.4, 0.5) is 5.69 Å². The van der Waals surface area contributed by atoms with Crippen LogP contribution in [0.3, 0.4) is 0 Å². The van der Waals surface area contributed by atoms with Gasteiger partial charge in [0.05, 0.1) is 10.6 Å². The molecule has 264 valence electrons. The van der Waals surface area contributed by atoms with Crippen LogP contribution in [0, 0.1) is 13.8 Å². The second kappa shape index (κ2) is 16.1. The number of nitrogens with one attached hydrogen (secondary N) is 1. The Morgan fingerprint density at radius 1 is 0.725 bits per heavy atom. The molecule has 2 amide bonds. The van der Waals surface area contributed by atoms with Crippen LogP contribution in [0.2, 0.25) is 0 Å². The molecule has 8 nitrogen and oxygen atoms in total. The Balaban J connectivity index is 1.57. The number of amides is 2. The Kier molecular flexibility index (Phi) is 11.6. The highest BCUT2D eigenvalue weighted by Gasteiger charge is 2.35. The highest BCUT2D eigenvalue weighted by atomic mass is 32.2. The zero-order chi connectivity index (χ0) is 36.6. The van der Waals surface area contributed by atoms with Crippen molar-refractivity contribution in [3.8, 4) is 11.5 Å². The van der Waals surface area contributed by atoms with E-state index in [0.717, 1.165) is 26.6 Å². The van der Waals surface area contributed by atoms with Crippen molar-refractivity contribution in [3.63, 3.8) is 0 Å². The maximum Gasteiger partial charge on any atom is 0.264 e. The smallest absolute Gasteiger partial charge is 0.264 e. The predicted octanol–water partition coefficient (Wildman–Crippen LogP) is 7.85. The third-order valence-electron chi connectivity index (χ3n) is 8.36. The van der Waals surface area contributed by atoms with Crippen LogP contribution >= 0.6 is 0 Å². The second-order valence-corrected chi connectivity index (χ2v) is 15.5. The number of aryl methyl sites for hydroxylation is 2. The second-order valence-electron chi connectivity index (χ2n) is 13.6. The number of benzene rings is 5. The van der Waals surface area contributed by atoms with Crippen molar-refractivity contribution in [2.45, 2.75) is 64.1 Å². The summed E-state index contributed by atoms with van der Waals surface area (Å²) in [5, 5.41) is 3.07. The van der Waals surface area contributed by atoms with Crippen molar-refractivity contribution in [3.05, 3.63) is 156 Å². The Hall–Kier alpha value is -5.41. The van der Waals surface area contributed by atoms with E-state index in [4.69, 9.17) is 4.74 Å². The van der Waals surface area contributed by atoms with Crippen LogP contribution in [0.1, 0.15) is 43.0 Å². The number of nitrogens with zero attached hydrogens (tertiary/aromatic N) is 2. The molecule has 0 aliphatic rings. The lowest BCUT2D eigenvalue weighted by Crippen LogP contribution is -2.56. The summed E-state index contributed by atoms with van der Waals surface area (Å²) in [6.07, 6.45) is 0.233. The average molecular weight is 704 g/mol. The number of carbonyl (C=O) groups excluding carboxylic acids is 2. The quantitative estimate of drug-likeness (QED) is 0.135. The van der Waals surface area contributed by atoms with Gasteiger partial charge < -0.3 is 15.0 Å². The van der Waals surface area contributed by atoms with Gasteiger partial charge in [-0.2, -0.15) is 0 Å². The summed E-state index contributed by atoms with van der Waals surface area (Å²) in [6, 6.07) is 38.6. The SMILES string of the molecule is Cc1ccc(S(=O)(=O)N(CC(=O)N(Cc2ccccc2C)[C@@H](Cc2ccccc2)C(=O)NC(C)(C)C)c2ccc(Oc3ccccc3)cc2)cc1. The number of hydrogen-bond donors (Lipinski definition) is 1. The van der Waals surface area contributed by atoms with E-state index in [1.54, 1.807) is 36.4 Å². The van der Waals surface area contributed by atoms with E-state index in [1.807, 2.05) is 120 Å². The standard InChI is InChI=1S/C42H45N3O5S/c1-31-20-26-38(27-21-31)51(48,49)45(35-22-24-37(25-23-35)50-36-18-10-7-11-19-36)30-40(46)44(29-34-17-13-12-14-32(34)2)39(41(47)43-42(3,4)5)28-33-15-8-6-9-16-33/h6-27,39H,28-30H2,1-5H3,(H,43,47)/t39-/m0/s1. The molecule has 0 radical (unpaired) electrons. The van der Waals surface area contributed by atoms with Crippen LogP contribution in [0.15, 0.2) is 138 Å². The molecule has 0 fully saturated rings. The first-order valence-corrected chi connectivity index (χ1v) is 18.4. The van der Waals surface area contributed by atoms with E-state index in [0.29, 0.717) is 11.5 Å². The molecule has 5 aromatic rings.